The Kier molecular flexibility index (Phi) is 4.07. The van der Waals surface area contributed by atoms with E-state index in [1.54, 1.807) is 30.1 Å². The van der Waals surface area contributed by atoms with Crippen LogP contribution in [0.4, 0.5) is 0 Å². The molecule has 2 amide bonds. The first kappa shape index (κ1) is 13.8. The van der Waals surface area contributed by atoms with E-state index < -0.39 is 5.91 Å². The third kappa shape index (κ3) is 3.24. The molecule has 1 N–H and O–H groups in total. The van der Waals surface area contributed by atoms with Gasteiger partial charge in [0.2, 0.25) is 11.9 Å². The van der Waals surface area contributed by atoms with Gasteiger partial charge in [0.05, 0.1) is 13.0 Å². The molecule has 1 saturated heterocycles. The first-order chi connectivity index (χ1) is 8.97. The number of rotatable bonds is 2. The molecule has 100 valence electrons. The number of aliphatic imine (C=N–C) groups is 1. The maximum atomic E-state index is 11.8. The molecule has 0 spiro atoms. The minimum atomic E-state index is -0.418. The Bertz CT molecular complexity index is 552. The van der Waals surface area contributed by atoms with Crippen LogP contribution in [0.25, 0.3) is 0 Å². The molecule has 1 fully saturated rings. The summed E-state index contributed by atoms with van der Waals surface area (Å²) < 4.78 is 0. The Morgan fingerprint density at radius 2 is 2.05 bits per heavy atom. The monoisotopic (exact) mass is 299 g/mol. The molecule has 1 aliphatic rings. The Morgan fingerprint density at radius 1 is 1.42 bits per heavy atom. The molecule has 2 rings (SSSR count). The fourth-order valence-electron chi connectivity index (χ4n) is 1.67. The molecule has 0 bridgehead atoms. The predicted molar refractivity (Wildman–Crippen MR) is 73.4 cm³/mol. The number of halogens is 2. The second kappa shape index (κ2) is 5.59. The predicted octanol–water partition coefficient (Wildman–Crippen LogP) is 1.48. The molecule has 1 aromatic rings. The number of likely N-dealkylation sites (N-methyl/N-ethyl adjacent to an activating group) is 1. The van der Waals surface area contributed by atoms with E-state index in [0.717, 1.165) is 0 Å². The lowest BCUT2D eigenvalue weighted by Gasteiger charge is -2.08. The molecule has 5 nitrogen and oxygen atoms in total. The fourth-order valence-corrected chi connectivity index (χ4v) is 2.20. The van der Waals surface area contributed by atoms with Gasteiger partial charge in [-0.25, -0.2) is 0 Å². The zero-order valence-corrected chi connectivity index (χ0v) is 11.6. The summed E-state index contributed by atoms with van der Waals surface area (Å²) in [7, 11) is 1.67. The summed E-state index contributed by atoms with van der Waals surface area (Å²) in [4.78, 5) is 28.4. The van der Waals surface area contributed by atoms with Crippen LogP contribution in [0.5, 0.6) is 0 Å². The average Bonchev–Trinajstić information content (AvgIpc) is 2.63. The van der Waals surface area contributed by atoms with Crippen molar-refractivity contribution >= 4 is 41.0 Å². The summed E-state index contributed by atoms with van der Waals surface area (Å²) in [6, 6.07) is 5.02. The molecule has 0 aliphatic carbocycles. The van der Waals surface area contributed by atoms with Gasteiger partial charge in [-0.3, -0.25) is 14.9 Å². The van der Waals surface area contributed by atoms with Crippen molar-refractivity contribution < 1.29 is 9.59 Å². The van der Waals surface area contributed by atoms with E-state index in [0.29, 0.717) is 15.6 Å². The summed E-state index contributed by atoms with van der Waals surface area (Å²) in [5.74, 6) is -0.359. The Morgan fingerprint density at radius 3 is 2.58 bits per heavy atom. The fraction of sp³-hybridized carbons (Fsp3) is 0.250. The second-order valence-electron chi connectivity index (χ2n) is 4.11. The standard InChI is InChI=1S/C12H11Cl2N3O2/c1-17-6-11(19)16-12(17)15-10(18)5-7-8(13)3-2-4-9(7)14/h2-4H,5-6H2,1H3,(H,15,16,18,19). The highest BCUT2D eigenvalue weighted by Crippen LogP contribution is 2.24. The molecule has 0 saturated carbocycles. The summed E-state index contributed by atoms with van der Waals surface area (Å²) >= 11 is 12.0. The Labute approximate surface area is 120 Å². The number of amides is 2. The molecule has 0 aromatic heterocycles. The van der Waals surface area contributed by atoms with Crippen LogP contribution in [0, 0.1) is 0 Å². The minimum absolute atomic E-state index is 0.00822. The normalized spacial score (nSPS) is 16.9. The van der Waals surface area contributed by atoms with Crippen molar-refractivity contribution in [2.24, 2.45) is 4.99 Å². The zero-order chi connectivity index (χ0) is 14.0. The Hall–Kier alpha value is -1.59. The number of benzene rings is 1. The van der Waals surface area contributed by atoms with Crippen molar-refractivity contribution in [1.29, 1.82) is 0 Å². The van der Waals surface area contributed by atoms with Gasteiger partial charge in [-0.05, 0) is 17.7 Å². The first-order valence-electron chi connectivity index (χ1n) is 5.53. The largest absolute Gasteiger partial charge is 0.336 e. The third-order valence-corrected chi connectivity index (χ3v) is 3.32. The maximum Gasteiger partial charge on any atom is 0.253 e. The lowest BCUT2D eigenvalue weighted by molar-refractivity contribution is -0.118. The lowest BCUT2D eigenvalue weighted by atomic mass is 10.1. The van der Waals surface area contributed by atoms with Crippen LogP contribution in [-0.2, 0) is 16.0 Å². The second-order valence-corrected chi connectivity index (χ2v) is 4.92. The van der Waals surface area contributed by atoms with E-state index in [9.17, 15) is 9.59 Å². The van der Waals surface area contributed by atoms with Gasteiger partial charge in [-0.15, -0.1) is 0 Å². The number of nitrogens with one attached hydrogen (secondary N) is 1. The number of hydrogen-bond acceptors (Lipinski definition) is 2. The molecule has 1 aromatic carbocycles. The molecule has 0 radical (unpaired) electrons. The van der Waals surface area contributed by atoms with Crippen LogP contribution in [0.1, 0.15) is 5.56 Å². The molecular formula is C12H11Cl2N3O2. The topological polar surface area (TPSA) is 61.8 Å². The highest BCUT2D eigenvalue weighted by atomic mass is 35.5. The molecular weight excluding hydrogens is 289 g/mol. The van der Waals surface area contributed by atoms with Gasteiger partial charge in [0, 0.05) is 17.1 Å². The number of nitrogens with zero attached hydrogens (tertiary/aromatic N) is 2. The van der Waals surface area contributed by atoms with Gasteiger partial charge >= 0.3 is 0 Å². The molecule has 0 atom stereocenters. The van der Waals surface area contributed by atoms with Crippen molar-refractivity contribution in [3.05, 3.63) is 33.8 Å². The summed E-state index contributed by atoms with van der Waals surface area (Å²) in [6.45, 7) is 0.193. The highest BCUT2D eigenvalue weighted by molar-refractivity contribution is 6.36. The third-order valence-electron chi connectivity index (χ3n) is 2.61. The minimum Gasteiger partial charge on any atom is -0.336 e. The van der Waals surface area contributed by atoms with Crippen molar-refractivity contribution in [2.75, 3.05) is 13.6 Å². The van der Waals surface area contributed by atoms with E-state index >= 15 is 0 Å². The van der Waals surface area contributed by atoms with Crippen LogP contribution < -0.4 is 5.32 Å². The van der Waals surface area contributed by atoms with Crippen molar-refractivity contribution in [2.45, 2.75) is 6.42 Å². The van der Waals surface area contributed by atoms with E-state index in [4.69, 9.17) is 23.2 Å². The van der Waals surface area contributed by atoms with Gasteiger partial charge in [0.15, 0.2) is 0 Å². The van der Waals surface area contributed by atoms with Gasteiger partial charge in [-0.2, -0.15) is 4.99 Å². The smallest absolute Gasteiger partial charge is 0.253 e. The van der Waals surface area contributed by atoms with E-state index in [-0.39, 0.29) is 24.8 Å². The van der Waals surface area contributed by atoms with Crippen LogP contribution in [-0.4, -0.2) is 36.3 Å². The highest BCUT2D eigenvalue weighted by Gasteiger charge is 2.22. The number of carbonyl (C=O) groups is 2. The van der Waals surface area contributed by atoms with Gasteiger partial charge in [0.25, 0.3) is 5.91 Å². The van der Waals surface area contributed by atoms with Gasteiger partial charge < -0.3 is 4.90 Å². The van der Waals surface area contributed by atoms with Crippen molar-refractivity contribution in [3.8, 4) is 0 Å². The molecule has 1 heterocycles. The summed E-state index contributed by atoms with van der Waals surface area (Å²) in [5, 5.41) is 3.34. The van der Waals surface area contributed by atoms with Gasteiger partial charge in [0.1, 0.15) is 0 Å². The quantitative estimate of drug-likeness (QED) is 0.900. The van der Waals surface area contributed by atoms with E-state index in [1.807, 2.05) is 0 Å². The molecule has 1 aliphatic heterocycles. The lowest BCUT2D eigenvalue weighted by Crippen LogP contribution is -2.28. The van der Waals surface area contributed by atoms with Gasteiger partial charge in [-0.1, -0.05) is 29.3 Å². The Balaban J connectivity index is 2.14. The van der Waals surface area contributed by atoms with Crippen LogP contribution >= 0.6 is 23.2 Å². The SMILES string of the molecule is CN1CC(=O)NC1=NC(=O)Cc1c(Cl)cccc1Cl. The van der Waals surface area contributed by atoms with Crippen LogP contribution in [0.3, 0.4) is 0 Å². The van der Waals surface area contributed by atoms with E-state index in [1.165, 1.54) is 0 Å². The number of carbonyl (C=O) groups excluding carboxylic acids is 2. The van der Waals surface area contributed by atoms with E-state index in [2.05, 4.69) is 10.3 Å². The molecule has 19 heavy (non-hydrogen) atoms. The van der Waals surface area contributed by atoms with Crippen molar-refractivity contribution in [3.63, 3.8) is 0 Å². The van der Waals surface area contributed by atoms with Crippen molar-refractivity contribution in [1.82, 2.24) is 10.2 Å². The summed E-state index contributed by atoms with van der Waals surface area (Å²) in [5.41, 5.74) is 0.534. The molecule has 0 unspecified atom stereocenters. The summed E-state index contributed by atoms with van der Waals surface area (Å²) in [6.07, 6.45) is -0.00822. The zero-order valence-electron chi connectivity index (χ0n) is 10.1. The van der Waals surface area contributed by atoms with Crippen LogP contribution in [0.2, 0.25) is 10.0 Å². The van der Waals surface area contributed by atoms with Crippen LogP contribution in [0.15, 0.2) is 23.2 Å². The first-order valence-corrected chi connectivity index (χ1v) is 6.28. The molecule has 7 heteroatoms. The number of guanidine groups is 1. The maximum absolute atomic E-state index is 11.8. The average molecular weight is 300 g/mol. The number of hydrogen-bond donors (Lipinski definition) is 1.